The second-order valence-electron chi connectivity index (χ2n) is 7.30. The topological polar surface area (TPSA) is 109 Å². The van der Waals surface area contributed by atoms with Gasteiger partial charge in [-0.1, -0.05) is 23.2 Å². The number of piperazine rings is 1. The molecule has 0 bridgehead atoms. The van der Waals surface area contributed by atoms with E-state index < -0.39 is 10.8 Å². The molecule has 33 heavy (non-hydrogen) atoms. The van der Waals surface area contributed by atoms with Crippen LogP contribution in [0.4, 0.5) is 17.1 Å². The van der Waals surface area contributed by atoms with Crippen LogP contribution in [0.15, 0.2) is 59.2 Å². The number of benzene rings is 2. The molecule has 1 fully saturated rings. The van der Waals surface area contributed by atoms with E-state index in [9.17, 15) is 19.7 Å². The lowest BCUT2D eigenvalue weighted by atomic mass is 10.1. The summed E-state index contributed by atoms with van der Waals surface area (Å²) < 4.78 is 5.18. The Bertz CT molecular complexity index is 1210. The summed E-state index contributed by atoms with van der Waals surface area (Å²) in [6, 6.07) is 12.1. The highest BCUT2D eigenvalue weighted by atomic mass is 35.5. The van der Waals surface area contributed by atoms with E-state index in [1.807, 2.05) is 0 Å². The zero-order valence-corrected chi connectivity index (χ0v) is 18.7. The lowest BCUT2D eigenvalue weighted by Crippen LogP contribution is -2.48. The Labute approximate surface area is 198 Å². The van der Waals surface area contributed by atoms with Gasteiger partial charge in [-0.25, -0.2) is 0 Å². The summed E-state index contributed by atoms with van der Waals surface area (Å²) in [7, 11) is 0. The SMILES string of the molecule is O=C(Nc1ccc(N2CCN(C(=O)c3ccco3)CC2)c(Cl)c1)c1ccc([N+](=O)[O-])cc1Cl. The maximum Gasteiger partial charge on any atom is 0.289 e. The molecule has 1 N–H and O–H groups in total. The zero-order chi connectivity index (χ0) is 23.5. The Kier molecular flexibility index (Phi) is 6.52. The summed E-state index contributed by atoms with van der Waals surface area (Å²) in [6.07, 6.45) is 1.47. The number of nitro groups is 1. The Morgan fingerprint density at radius 1 is 1.00 bits per heavy atom. The third kappa shape index (κ3) is 4.94. The first-order chi connectivity index (χ1) is 15.8. The maximum absolute atomic E-state index is 12.5. The van der Waals surface area contributed by atoms with Crippen molar-refractivity contribution in [1.29, 1.82) is 0 Å². The van der Waals surface area contributed by atoms with Crippen molar-refractivity contribution in [2.45, 2.75) is 0 Å². The van der Waals surface area contributed by atoms with Crippen LogP contribution in [0, 0.1) is 10.1 Å². The standard InChI is InChI=1S/C22H18Cl2N4O5/c23-17-13-15(28(31)32)4-5-16(17)21(29)25-14-3-6-19(18(24)12-14)26-7-9-27(10-8-26)22(30)20-2-1-11-33-20/h1-6,11-13H,7-10H2,(H,25,29). The number of nitro benzene ring substituents is 1. The van der Waals surface area contributed by atoms with Crippen LogP contribution in [0.2, 0.25) is 10.0 Å². The van der Waals surface area contributed by atoms with Crippen molar-refractivity contribution >= 4 is 52.1 Å². The quantitative estimate of drug-likeness (QED) is 0.411. The number of non-ortho nitro benzene ring substituents is 1. The molecule has 0 spiro atoms. The van der Waals surface area contributed by atoms with Crippen molar-refractivity contribution in [2.24, 2.45) is 0 Å². The van der Waals surface area contributed by atoms with Crippen molar-refractivity contribution in [3.05, 3.63) is 86.3 Å². The van der Waals surface area contributed by atoms with Gasteiger partial charge in [0.1, 0.15) is 0 Å². The Balaban J connectivity index is 1.40. The maximum atomic E-state index is 12.5. The number of rotatable bonds is 5. The van der Waals surface area contributed by atoms with Crippen LogP contribution in [0.5, 0.6) is 0 Å². The van der Waals surface area contributed by atoms with Crippen molar-refractivity contribution in [3.8, 4) is 0 Å². The fourth-order valence-electron chi connectivity index (χ4n) is 3.55. The lowest BCUT2D eigenvalue weighted by molar-refractivity contribution is -0.384. The predicted molar refractivity (Wildman–Crippen MR) is 124 cm³/mol. The van der Waals surface area contributed by atoms with Crippen LogP contribution < -0.4 is 10.2 Å². The van der Waals surface area contributed by atoms with Gasteiger partial charge < -0.3 is 19.5 Å². The highest BCUT2D eigenvalue weighted by Gasteiger charge is 2.25. The van der Waals surface area contributed by atoms with Crippen LogP contribution in [0.25, 0.3) is 0 Å². The lowest BCUT2D eigenvalue weighted by Gasteiger charge is -2.36. The van der Waals surface area contributed by atoms with E-state index in [4.69, 9.17) is 27.6 Å². The normalized spacial score (nSPS) is 13.6. The van der Waals surface area contributed by atoms with E-state index >= 15 is 0 Å². The van der Waals surface area contributed by atoms with E-state index in [1.54, 1.807) is 35.2 Å². The first-order valence-electron chi connectivity index (χ1n) is 9.96. The molecule has 11 heteroatoms. The first kappa shape index (κ1) is 22.6. The summed E-state index contributed by atoms with van der Waals surface area (Å²) in [5, 5.41) is 13.9. The number of carbonyl (C=O) groups is 2. The molecule has 1 aliphatic rings. The fraction of sp³-hybridized carbons (Fsp3) is 0.182. The minimum Gasteiger partial charge on any atom is -0.459 e. The zero-order valence-electron chi connectivity index (χ0n) is 17.2. The molecule has 2 aromatic carbocycles. The van der Waals surface area contributed by atoms with Crippen LogP contribution in [0.1, 0.15) is 20.9 Å². The van der Waals surface area contributed by atoms with Crippen molar-refractivity contribution in [3.63, 3.8) is 0 Å². The smallest absolute Gasteiger partial charge is 0.289 e. The van der Waals surface area contributed by atoms with Gasteiger partial charge in [-0.2, -0.15) is 0 Å². The molecule has 0 atom stereocenters. The number of hydrogen-bond acceptors (Lipinski definition) is 6. The number of hydrogen-bond donors (Lipinski definition) is 1. The van der Waals surface area contributed by atoms with E-state index in [0.717, 1.165) is 11.8 Å². The Morgan fingerprint density at radius 2 is 1.76 bits per heavy atom. The molecule has 0 aliphatic carbocycles. The number of nitrogens with zero attached hydrogens (tertiary/aromatic N) is 3. The van der Waals surface area contributed by atoms with E-state index in [1.165, 1.54) is 18.4 Å². The number of anilines is 2. The number of amides is 2. The molecule has 1 aliphatic heterocycles. The van der Waals surface area contributed by atoms with E-state index in [-0.39, 0.29) is 22.2 Å². The van der Waals surface area contributed by atoms with Crippen molar-refractivity contribution < 1.29 is 18.9 Å². The summed E-state index contributed by atoms with van der Waals surface area (Å²) >= 11 is 12.5. The van der Waals surface area contributed by atoms with Crippen LogP contribution in [0.3, 0.4) is 0 Å². The third-order valence-electron chi connectivity index (χ3n) is 5.25. The van der Waals surface area contributed by atoms with Crippen molar-refractivity contribution in [1.82, 2.24) is 4.90 Å². The number of furan rings is 1. The average Bonchev–Trinajstić information content (AvgIpc) is 3.33. The minimum absolute atomic E-state index is 0.0219. The second kappa shape index (κ2) is 9.51. The molecular formula is C22H18Cl2N4O5. The molecule has 4 rings (SSSR count). The Morgan fingerprint density at radius 3 is 2.36 bits per heavy atom. The van der Waals surface area contributed by atoms with E-state index in [0.29, 0.717) is 42.6 Å². The second-order valence-corrected chi connectivity index (χ2v) is 8.11. The molecule has 2 heterocycles. The minimum atomic E-state index is -0.585. The van der Waals surface area contributed by atoms with Gasteiger partial charge >= 0.3 is 0 Å². The van der Waals surface area contributed by atoms with Gasteiger partial charge in [-0.15, -0.1) is 0 Å². The summed E-state index contributed by atoms with van der Waals surface area (Å²) in [6.45, 7) is 2.23. The fourth-order valence-corrected chi connectivity index (χ4v) is 4.11. The summed E-state index contributed by atoms with van der Waals surface area (Å²) in [5.41, 5.74) is 1.15. The highest BCUT2D eigenvalue weighted by Crippen LogP contribution is 2.31. The molecular weight excluding hydrogens is 471 g/mol. The molecule has 1 aromatic heterocycles. The summed E-state index contributed by atoms with van der Waals surface area (Å²) in [5.74, 6) is -0.341. The van der Waals surface area contributed by atoms with Gasteiger partial charge in [-0.3, -0.25) is 19.7 Å². The molecule has 170 valence electrons. The van der Waals surface area contributed by atoms with Gasteiger partial charge in [-0.05, 0) is 36.4 Å². The first-order valence-corrected chi connectivity index (χ1v) is 10.7. The molecule has 1 saturated heterocycles. The van der Waals surface area contributed by atoms with Crippen LogP contribution in [-0.4, -0.2) is 47.8 Å². The van der Waals surface area contributed by atoms with E-state index in [2.05, 4.69) is 10.2 Å². The van der Waals surface area contributed by atoms with Crippen LogP contribution in [-0.2, 0) is 0 Å². The van der Waals surface area contributed by atoms with Gasteiger partial charge in [0.15, 0.2) is 5.76 Å². The third-order valence-corrected chi connectivity index (χ3v) is 5.87. The largest absolute Gasteiger partial charge is 0.459 e. The molecule has 0 saturated carbocycles. The van der Waals surface area contributed by atoms with Crippen molar-refractivity contribution in [2.75, 3.05) is 36.4 Å². The molecule has 9 nitrogen and oxygen atoms in total. The monoisotopic (exact) mass is 488 g/mol. The van der Waals surface area contributed by atoms with Gasteiger partial charge in [0, 0.05) is 44.0 Å². The van der Waals surface area contributed by atoms with Gasteiger partial charge in [0.05, 0.1) is 32.5 Å². The number of halogens is 2. The Hall–Kier alpha value is -3.56. The number of nitrogens with one attached hydrogen (secondary N) is 1. The molecule has 3 aromatic rings. The number of carbonyl (C=O) groups excluding carboxylic acids is 2. The predicted octanol–water partition coefficient (Wildman–Crippen LogP) is 4.71. The average molecular weight is 489 g/mol. The molecule has 0 radical (unpaired) electrons. The van der Waals surface area contributed by atoms with Gasteiger partial charge in [0.2, 0.25) is 0 Å². The van der Waals surface area contributed by atoms with Gasteiger partial charge in [0.25, 0.3) is 17.5 Å². The molecule has 2 amide bonds. The molecule has 0 unspecified atom stereocenters. The van der Waals surface area contributed by atoms with Crippen LogP contribution >= 0.6 is 23.2 Å². The highest BCUT2D eigenvalue weighted by molar-refractivity contribution is 6.35. The summed E-state index contributed by atoms with van der Waals surface area (Å²) in [4.78, 5) is 39.0.